The number of hydrogen-bond acceptors (Lipinski definition) is 4. The molecular weight excluding hydrogens is 641 g/mol. The molecule has 4 aromatic rings. The molecule has 0 spiro atoms. The largest absolute Gasteiger partial charge is 2.00 e. The monoisotopic (exact) mass is 671 g/mol. The van der Waals surface area contributed by atoms with E-state index < -0.39 is 28.1 Å². The van der Waals surface area contributed by atoms with Crippen LogP contribution >= 0.6 is 0 Å². The molecule has 36 heavy (non-hydrogen) atoms. The van der Waals surface area contributed by atoms with Crippen molar-refractivity contribution in [1.29, 1.82) is 0 Å². The van der Waals surface area contributed by atoms with E-state index >= 15 is 0 Å². The number of halogens is 2. The Kier molecular flexibility index (Phi) is 7.44. The van der Waals surface area contributed by atoms with Crippen LogP contribution in [0.25, 0.3) is 11.6 Å². The van der Waals surface area contributed by atoms with Gasteiger partial charge in [-0.2, -0.15) is 8.78 Å². The molecule has 0 bridgehead atoms. The first-order chi connectivity index (χ1) is 16.2. The molecule has 0 aliphatic carbocycles. The molecule has 9 heteroatoms. The van der Waals surface area contributed by atoms with Gasteiger partial charge in [-0.25, -0.2) is 0 Å². The maximum absolute atomic E-state index is 14.1. The van der Waals surface area contributed by atoms with Gasteiger partial charge in [0.05, 0.1) is 0 Å². The van der Waals surface area contributed by atoms with Crippen molar-refractivity contribution in [3.63, 3.8) is 0 Å². The molecule has 0 unspecified atom stereocenters. The fourth-order valence-electron chi connectivity index (χ4n) is 3.89. The van der Waals surface area contributed by atoms with Crippen LogP contribution in [0, 0.1) is 24.3 Å². The fourth-order valence-corrected chi connectivity index (χ4v) is 3.89. The average Bonchev–Trinajstić information content (AvgIpc) is 3.37. The van der Waals surface area contributed by atoms with Crippen molar-refractivity contribution in [2.24, 2.45) is 0 Å². The van der Waals surface area contributed by atoms with Crippen LogP contribution in [-0.2, 0) is 37.3 Å². The van der Waals surface area contributed by atoms with Gasteiger partial charge in [-0.1, -0.05) is 65.8 Å². The third-order valence-electron chi connectivity index (χ3n) is 5.79. The molecule has 0 atom stereocenters. The van der Waals surface area contributed by atoms with E-state index in [0.717, 1.165) is 11.4 Å². The predicted octanol–water partition coefficient (Wildman–Crippen LogP) is 5.64. The first-order valence-corrected chi connectivity index (χ1v) is 11.5. The molecule has 0 saturated heterocycles. The summed E-state index contributed by atoms with van der Waals surface area (Å²) in [5, 5.41) is 0. The Morgan fingerprint density at radius 1 is 0.611 bits per heavy atom. The van der Waals surface area contributed by atoms with E-state index in [1.54, 1.807) is 21.3 Å². The number of nitrogens with zero attached hydrogens (tertiary/aromatic N) is 6. The number of rotatable bonds is 4. The summed E-state index contributed by atoms with van der Waals surface area (Å²) >= 11 is 0. The van der Waals surface area contributed by atoms with E-state index in [9.17, 15) is 8.78 Å². The molecule has 6 nitrogen and oxygen atoms in total. The van der Waals surface area contributed by atoms with Crippen LogP contribution in [0.4, 0.5) is 8.78 Å². The van der Waals surface area contributed by atoms with Gasteiger partial charge in [-0.15, -0.1) is 0 Å². The van der Waals surface area contributed by atoms with E-state index in [0.29, 0.717) is 23.3 Å². The topological polar surface area (TPSA) is 61.4 Å². The van der Waals surface area contributed by atoms with Crippen molar-refractivity contribution in [2.75, 3.05) is 0 Å². The molecule has 0 radical (unpaired) electrons. The quantitative estimate of drug-likeness (QED) is 0.264. The van der Waals surface area contributed by atoms with E-state index in [2.05, 4.69) is 22.4 Å². The van der Waals surface area contributed by atoms with Crippen LogP contribution in [0.2, 0.25) is 0 Å². The summed E-state index contributed by atoms with van der Waals surface area (Å²) in [4.78, 5) is 17.7. The molecule has 0 aliphatic rings. The van der Waals surface area contributed by atoms with Gasteiger partial charge in [0, 0.05) is 40.1 Å². The van der Waals surface area contributed by atoms with Crippen LogP contribution in [0.15, 0.2) is 36.4 Å². The summed E-state index contributed by atoms with van der Waals surface area (Å²) in [5.74, 6) is 0.763. The third kappa shape index (κ3) is 5.34. The molecule has 0 aliphatic heterocycles. The number of pyridine rings is 2. The molecular formula is C27H30F2N6Pt. The molecule has 4 aromatic heterocycles. The van der Waals surface area contributed by atoms with Crippen LogP contribution in [-0.4, -0.2) is 29.1 Å². The molecule has 0 aromatic carbocycles. The van der Waals surface area contributed by atoms with Crippen molar-refractivity contribution < 1.29 is 29.8 Å². The summed E-state index contributed by atoms with van der Waals surface area (Å²) in [6, 6.07) is 11.2. The Morgan fingerprint density at radius 3 is 1.31 bits per heavy atom. The van der Waals surface area contributed by atoms with Gasteiger partial charge in [-0.3, -0.25) is 19.9 Å². The molecule has 0 N–H and O–H groups in total. The molecule has 0 saturated carbocycles. The van der Waals surface area contributed by atoms with Crippen molar-refractivity contribution in [1.82, 2.24) is 29.1 Å². The second-order valence-corrected chi connectivity index (χ2v) is 11.2. The van der Waals surface area contributed by atoms with Crippen LogP contribution in [0.3, 0.4) is 0 Å². The zero-order valence-corrected chi connectivity index (χ0v) is 24.0. The Bertz CT molecular complexity index is 1270. The van der Waals surface area contributed by atoms with Crippen LogP contribution in [0.1, 0.15) is 78.4 Å². The first kappa shape index (κ1) is 27.8. The minimum atomic E-state index is -0.672. The second-order valence-electron chi connectivity index (χ2n) is 11.2. The number of aromatic nitrogens is 6. The number of imidazole rings is 2. The minimum absolute atomic E-state index is 0. The summed E-state index contributed by atoms with van der Waals surface area (Å²) < 4.78 is 31.3. The summed E-state index contributed by atoms with van der Waals surface area (Å²) in [5.41, 5.74) is 0.0580. The molecule has 0 amide bonds. The van der Waals surface area contributed by atoms with Crippen molar-refractivity contribution in [3.05, 3.63) is 83.7 Å². The molecule has 4 heterocycles. The Morgan fingerprint density at radius 2 is 0.972 bits per heavy atom. The Balaban J connectivity index is 0.00000361. The average molecular weight is 672 g/mol. The van der Waals surface area contributed by atoms with E-state index in [1.807, 2.05) is 79.7 Å². The van der Waals surface area contributed by atoms with Crippen molar-refractivity contribution in [3.8, 4) is 11.6 Å². The fraction of sp³-hybridized carbons (Fsp3) is 0.407. The number of hydrogen-bond donors (Lipinski definition) is 0. The Hall–Kier alpha value is -2.73. The third-order valence-corrected chi connectivity index (χ3v) is 5.79. The predicted molar refractivity (Wildman–Crippen MR) is 130 cm³/mol. The van der Waals surface area contributed by atoms with Crippen molar-refractivity contribution in [2.45, 2.75) is 71.6 Å². The van der Waals surface area contributed by atoms with Gasteiger partial charge in [0.1, 0.15) is 0 Å². The van der Waals surface area contributed by atoms with E-state index in [-0.39, 0.29) is 21.1 Å². The van der Waals surface area contributed by atoms with E-state index in [1.165, 1.54) is 0 Å². The van der Waals surface area contributed by atoms with Gasteiger partial charge < -0.3 is 9.13 Å². The first-order valence-electron chi connectivity index (χ1n) is 11.5. The zero-order valence-electron chi connectivity index (χ0n) is 21.7. The SMILES string of the molecule is CC(C)(C)c1nc(F)[c-]n1-c1cccc(C(C)(C)c2cccc(-n3[c-]c(F)nc3C(C)(C)C)n2)n1.[Pt+2]. The van der Waals surface area contributed by atoms with Gasteiger partial charge in [0.25, 0.3) is 0 Å². The zero-order chi connectivity index (χ0) is 25.8. The summed E-state index contributed by atoms with van der Waals surface area (Å²) in [7, 11) is 0. The summed E-state index contributed by atoms with van der Waals surface area (Å²) in [6.07, 6.45) is 5.30. The maximum Gasteiger partial charge on any atom is 2.00 e. The van der Waals surface area contributed by atoms with Gasteiger partial charge in [-0.05, 0) is 49.2 Å². The van der Waals surface area contributed by atoms with E-state index in [4.69, 9.17) is 9.97 Å². The van der Waals surface area contributed by atoms with Crippen molar-refractivity contribution >= 4 is 0 Å². The van der Waals surface area contributed by atoms with Gasteiger partial charge in [0.2, 0.25) is 0 Å². The normalized spacial score (nSPS) is 12.5. The molecule has 192 valence electrons. The van der Waals surface area contributed by atoms with Crippen LogP contribution in [0.5, 0.6) is 0 Å². The van der Waals surface area contributed by atoms with Gasteiger partial charge >= 0.3 is 21.1 Å². The standard InChI is InChI=1S/C27H30F2N6.Pt/c1-25(2,3)23-32-19(28)15-34(23)21-13-9-11-17(30-21)27(7,8)18-12-10-14-22(31-18)35-16-20(29)33-24(35)26(4,5)6;/h9-14H,1-8H3;/q-2;+2. The molecule has 4 rings (SSSR count). The maximum atomic E-state index is 14.1. The summed E-state index contributed by atoms with van der Waals surface area (Å²) in [6.45, 7) is 15.8. The van der Waals surface area contributed by atoms with Crippen LogP contribution < -0.4 is 0 Å². The minimum Gasteiger partial charge on any atom is -0.447 e. The Labute approximate surface area is 225 Å². The molecule has 0 fully saturated rings. The smallest absolute Gasteiger partial charge is 0.447 e. The van der Waals surface area contributed by atoms with Gasteiger partial charge in [0.15, 0.2) is 11.9 Å². The second kappa shape index (κ2) is 9.62.